The maximum atomic E-state index is 12.8. The number of hydrogen-bond acceptors (Lipinski definition) is 4. The Morgan fingerprint density at radius 2 is 2.04 bits per heavy atom. The first kappa shape index (κ1) is 18.8. The standard InChI is InChI=1S/C19H19F3N4O/c1-3-17(27)24-11-15-12-26(16-5-4-10-23-18(16)25(15)2)14-8-6-13(7-9-14)19(20,21)22/h3-10,15H,1,11-12H2,2H3,(H,24,27)/t15-/m0/s1. The van der Waals surface area contributed by atoms with Crippen molar-refractivity contribution >= 4 is 23.1 Å². The van der Waals surface area contributed by atoms with Crippen LogP contribution < -0.4 is 15.1 Å². The average molecular weight is 376 g/mol. The second-order valence-electron chi connectivity index (χ2n) is 6.22. The number of pyridine rings is 1. The van der Waals surface area contributed by atoms with E-state index in [1.165, 1.54) is 18.2 Å². The van der Waals surface area contributed by atoms with Crippen molar-refractivity contribution in [3.8, 4) is 0 Å². The minimum absolute atomic E-state index is 0.112. The SMILES string of the molecule is C=CC(=O)NC[C@H]1CN(c2ccc(C(F)(F)F)cc2)c2cccnc2N1C. The molecule has 2 aromatic rings. The van der Waals surface area contributed by atoms with Crippen LogP contribution in [0, 0.1) is 0 Å². The molecule has 142 valence electrons. The number of likely N-dealkylation sites (N-methyl/N-ethyl adjacent to an activating group) is 1. The molecule has 0 unspecified atom stereocenters. The van der Waals surface area contributed by atoms with Gasteiger partial charge in [-0.05, 0) is 42.5 Å². The van der Waals surface area contributed by atoms with E-state index in [1.54, 1.807) is 12.3 Å². The van der Waals surface area contributed by atoms with Gasteiger partial charge in [0, 0.05) is 32.0 Å². The molecule has 1 atom stereocenters. The Morgan fingerprint density at radius 3 is 2.67 bits per heavy atom. The van der Waals surface area contributed by atoms with Crippen LogP contribution in [-0.4, -0.2) is 37.1 Å². The normalized spacial score (nSPS) is 16.7. The number of aromatic nitrogens is 1. The molecule has 0 aliphatic carbocycles. The predicted octanol–water partition coefficient (Wildman–Crippen LogP) is 3.36. The zero-order valence-corrected chi connectivity index (χ0v) is 14.7. The van der Waals surface area contributed by atoms with Crippen molar-refractivity contribution in [2.75, 3.05) is 29.9 Å². The van der Waals surface area contributed by atoms with Gasteiger partial charge in [-0.2, -0.15) is 13.2 Å². The first-order valence-corrected chi connectivity index (χ1v) is 8.34. The van der Waals surface area contributed by atoms with E-state index in [1.807, 2.05) is 22.9 Å². The van der Waals surface area contributed by atoms with E-state index < -0.39 is 11.7 Å². The molecule has 1 aromatic heterocycles. The molecule has 1 N–H and O–H groups in total. The molecule has 8 heteroatoms. The number of halogens is 3. The van der Waals surface area contributed by atoms with Gasteiger partial charge in [0.1, 0.15) is 0 Å². The Labute approximate surface area is 155 Å². The third kappa shape index (κ3) is 3.89. The largest absolute Gasteiger partial charge is 0.416 e. The molecule has 1 amide bonds. The number of carbonyl (C=O) groups excluding carboxylic acids is 1. The molecule has 0 radical (unpaired) electrons. The van der Waals surface area contributed by atoms with Crippen molar-refractivity contribution < 1.29 is 18.0 Å². The number of hydrogen-bond donors (Lipinski definition) is 1. The summed E-state index contributed by atoms with van der Waals surface area (Å²) in [6.07, 6.45) is -1.52. The van der Waals surface area contributed by atoms with Crippen LogP contribution in [0.5, 0.6) is 0 Å². The first-order chi connectivity index (χ1) is 12.8. The van der Waals surface area contributed by atoms with Gasteiger partial charge >= 0.3 is 6.18 Å². The van der Waals surface area contributed by atoms with Gasteiger partial charge < -0.3 is 15.1 Å². The molecule has 0 saturated carbocycles. The van der Waals surface area contributed by atoms with Crippen molar-refractivity contribution in [3.05, 3.63) is 60.8 Å². The molecule has 1 aliphatic rings. The highest BCUT2D eigenvalue weighted by atomic mass is 19.4. The highest BCUT2D eigenvalue weighted by molar-refractivity contribution is 5.87. The summed E-state index contributed by atoms with van der Waals surface area (Å²) in [4.78, 5) is 19.8. The number of rotatable bonds is 4. The van der Waals surface area contributed by atoms with Gasteiger partial charge in [-0.15, -0.1) is 0 Å². The van der Waals surface area contributed by atoms with Crippen LogP contribution in [-0.2, 0) is 11.0 Å². The number of amides is 1. The van der Waals surface area contributed by atoms with Crippen LogP contribution >= 0.6 is 0 Å². The molecule has 0 bridgehead atoms. The number of alkyl halides is 3. The van der Waals surface area contributed by atoms with E-state index in [4.69, 9.17) is 0 Å². The molecule has 0 fully saturated rings. The van der Waals surface area contributed by atoms with Gasteiger partial charge in [-0.3, -0.25) is 4.79 Å². The van der Waals surface area contributed by atoms with Gasteiger partial charge in [0.25, 0.3) is 0 Å². The highest BCUT2D eigenvalue weighted by Crippen LogP contribution is 2.38. The number of benzene rings is 1. The fourth-order valence-electron chi connectivity index (χ4n) is 3.04. The summed E-state index contributed by atoms with van der Waals surface area (Å²) in [5.74, 6) is 0.415. The van der Waals surface area contributed by atoms with Crippen LogP contribution in [0.3, 0.4) is 0 Å². The monoisotopic (exact) mass is 376 g/mol. The maximum absolute atomic E-state index is 12.8. The Kier molecular flexibility index (Phi) is 5.07. The van der Waals surface area contributed by atoms with E-state index in [9.17, 15) is 18.0 Å². The molecule has 0 spiro atoms. The van der Waals surface area contributed by atoms with Crippen LogP contribution in [0.4, 0.5) is 30.4 Å². The lowest BCUT2D eigenvalue weighted by molar-refractivity contribution is -0.137. The average Bonchev–Trinajstić information content (AvgIpc) is 2.67. The van der Waals surface area contributed by atoms with Crippen molar-refractivity contribution in [1.82, 2.24) is 10.3 Å². The summed E-state index contributed by atoms with van der Waals surface area (Å²) in [5, 5.41) is 2.76. The molecule has 1 aromatic carbocycles. The molecule has 0 saturated heterocycles. The van der Waals surface area contributed by atoms with Crippen molar-refractivity contribution in [2.45, 2.75) is 12.2 Å². The van der Waals surface area contributed by atoms with E-state index in [0.29, 0.717) is 24.6 Å². The van der Waals surface area contributed by atoms with Crippen LogP contribution in [0.1, 0.15) is 5.56 Å². The first-order valence-electron chi connectivity index (χ1n) is 8.34. The van der Waals surface area contributed by atoms with E-state index in [-0.39, 0.29) is 11.9 Å². The van der Waals surface area contributed by atoms with E-state index in [2.05, 4.69) is 16.9 Å². The van der Waals surface area contributed by atoms with Crippen LogP contribution in [0.25, 0.3) is 0 Å². The fourth-order valence-corrected chi connectivity index (χ4v) is 3.04. The summed E-state index contributed by atoms with van der Waals surface area (Å²) < 4.78 is 38.5. The molecular weight excluding hydrogens is 357 g/mol. The van der Waals surface area contributed by atoms with Gasteiger partial charge in [0.2, 0.25) is 5.91 Å². The number of carbonyl (C=O) groups is 1. The summed E-state index contributed by atoms with van der Waals surface area (Å²) in [6, 6.07) is 8.57. The molecule has 5 nitrogen and oxygen atoms in total. The molecular formula is C19H19F3N4O. The smallest absolute Gasteiger partial charge is 0.351 e. The van der Waals surface area contributed by atoms with Crippen LogP contribution in [0.15, 0.2) is 55.3 Å². The minimum atomic E-state index is -4.38. The second kappa shape index (κ2) is 7.30. The lowest BCUT2D eigenvalue weighted by Crippen LogP contribution is -2.51. The van der Waals surface area contributed by atoms with Gasteiger partial charge in [0.05, 0.1) is 17.3 Å². The number of anilines is 3. The predicted molar refractivity (Wildman–Crippen MR) is 98.1 cm³/mol. The number of nitrogens with one attached hydrogen (secondary N) is 1. The lowest BCUT2D eigenvalue weighted by atomic mass is 10.1. The quantitative estimate of drug-likeness (QED) is 0.832. The Morgan fingerprint density at radius 1 is 1.33 bits per heavy atom. The zero-order chi connectivity index (χ0) is 19.6. The van der Waals surface area contributed by atoms with Crippen molar-refractivity contribution in [1.29, 1.82) is 0 Å². The van der Waals surface area contributed by atoms with Gasteiger partial charge in [0.15, 0.2) is 5.82 Å². The minimum Gasteiger partial charge on any atom is -0.351 e. The van der Waals surface area contributed by atoms with E-state index in [0.717, 1.165) is 17.8 Å². The summed E-state index contributed by atoms with van der Waals surface area (Å²) in [6.45, 7) is 4.27. The van der Waals surface area contributed by atoms with Gasteiger partial charge in [-0.25, -0.2) is 4.98 Å². The molecule has 1 aliphatic heterocycles. The Bertz CT molecular complexity index is 836. The third-order valence-electron chi connectivity index (χ3n) is 4.54. The number of nitrogens with zero attached hydrogens (tertiary/aromatic N) is 3. The van der Waals surface area contributed by atoms with Gasteiger partial charge in [-0.1, -0.05) is 6.58 Å². The van der Waals surface area contributed by atoms with Crippen molar-refractivity contribution in [2.24, 2.45) is 0 Å². The fraction of sp³-hybridized carbons (Fsp3) is 0.263. The zero-order valence-electron chi connectivity index (χ0n) is 14.7. The Balaban J connectivity index is 1.92. The molecule has 27 heavy (non-hydrogen) atoms. The third-order valence-corrected chi connectivity index (χ3v) is 4.54. The molecule has 2 heterocycles. The summed E-state index contributed by atoms with van der Waals surface area (Å²) >= 11 is 0. The van der Waals surface area contributed by atoms with Crippen molar-refractivity contribution in [3.63, 3.8) is 0 Å². The second-order valence-corrected chi connectivity index (χ2v) is 6.22. The Hall–Kier alpha value is -3.03. The molecule has 3 rings (SSSR count). The highest BCUT2D eigenvalue weighted by Gasteiger charge is 2.32. The summed E-state index contributed by atoms with van der Waals surface area (Å²) in [5.41, 5.74) is 0.734. The van der Waals surface area contributed by atoms with E-state index >= 15 is 0 Å². The summed E-state index contributed by atoms with van der Waals surface area (Å²) in [7, 11) is 1.88. The topological polar surface area (TPSA) is 48.5 Å². The number of fused-ring (bicyclic) bond motifs is 1. The lowest BCUT2D eigenvalue weighted by Gasteiger charge is -2.42. The maximum Gasteiger partial charge on any atom is 0.416 e. The van der Waals surface area contributed by atoms with Crippen LogP contribution in [0.2, 0.25) is 0 Å².